The van der Waals surface area contributed by atoms with E-state index in [0.29, 0.717) is 6.04 Å². The second kappa shape index (κ2) is 6.93. The Balaban J connectivity index is 2.21. The van der Waals surface area contributed by atoms with Gasteiger partial charge in [-0.1, -0.05) is 43.5 Å². The van der Waals surface area contributed by atoms with Crippen molar-refractivity contribution in [1.82, 2.24) is 4.90 Å². The van der Waals surface area contributed by atoms with Crippen LogP contribution in [0.25, 0.3) is 0 Å². The van der Waals surface area contributed by atoms with Crippen LogP contribution in [-0.2, 0) is 5.54 Å². The molecular formula is C17H27ClN2. The Labute approximate surface area is 128 Å². The highest BCUT2D eigenvalue weighted by Crippen LogP contribution is 2.30. The lowest BCUT2D eigenvalue weighted by Gasteiger charge is -2.41. The Hall–Kier alpha value is -0.570. The van der Waals surface area contributed by atoms with Crippen LogP contribution in [0.5, 0.6) is 0 Å². The second-order valence-corrected chi connectivity index (χ2v) is 6.60. The minimum absolute atomic E-state index is 0.330. The molecule has 3 heteroatoms. The van der Waals surface area contributed by atoms with Crippen LogP contribution in [0.2, 0.25) is 5.02 Å². The lowest BCUT2D eigenvalue weighted by molar-refractivity contribution is 0.126. The van der Waals surface area contributed by atoms with Gasteiger partial charge in [0.25, 0.3) is 0 Å². The summed E-state index contributed by atoms with van der Waals surface area (Å²) in [7, 11) is 0. The predicted molar refractivity (Wildman–Crippen MR) is 87.1 cm³/mol. The van der Waals surface area contributed by atoms with Crippen molar-refractivity contribution in [3.8, 4) is 0 Å². The van der Waals surface area contributed by atoms with Crippen LogP contribution in [0, 0.1) is 0 Å². The molecule has 0 aromatic heterocycles. The summed E-state index contributed by atoms with van der Waals surface area (Å²) in [6, 6.07) is 8.42. The minimum Gasteiger partial charge on any atom is -0.320 e. The highest BCUT2D eigenvalue weighted by atomic mass is 35.5. The van der Waals surface area contributed by atoms with Crippen molar-refractivity contribution in [1.29, 1.82) is 0 Å². The second-order valence-electron chi connectivity index (χ2n) is 6.16. The molecule has 1 fully saturated rings. The maximum atomic E-state index is 6.74. The van der Waals surface area contributed by atoms with Crippen molar-refractivity contribution in [3.05, 3.63) is 34.9 Å². The third-order valence-corrected chi connectivity index (χ3v) is 4.88. The first kappa shape index (κ1) is 15.8. The minimum atomic E-state index is -0.330. The summed E-state index contributed by atoms with van der Waals surface area (Å²) in [5.74, 6) is 0. The zero-order valence-electron chi connectivity index (χ0n) is 12.7. The number of nitrogens with zero attached hydrogens (tertiary/aromatic N) is 1. The van der Waals surface area contributed by atoms with Crippen LogP contribution in [0.1, 0.15) is 51.5 Å². The van der Waals surface area contributed by atoms with Crippen LogP contribution < -0.4 is 5.73 Å². The third-order valence-electron chi connectivity index (χ3n) is 4.63. The highest BCUT2D eigenvalue weighted by molar-refractivity contribution is 6.30. The summed E-state index contributed by atoms with van der Waals surface area (Å²) < 4.78 is 0. The molecule has 112 valence electrons. The fraction of sp³-hybridized carbons (Fsp3) is 0.647. The monoisotopic (exact) mass is 294 g/mol. The quantitative estimate of drug-likeness (QED) is 0.903. The van der Waals surface area contributed by atoms with Gasteiger partial charge in [-0.25, -0.2) is 0 Å². The Morgan fingerprint density at radius 3 is 2.20 bits per heavy atom. The van der Waals surface area contributed by atoms with Gasteiger partial charge >= 0.3 is 0 Å². The number of halogens is 1. The van der Waals surface area contributed by atoms with Crippen molar-refractivity contribution < 1.29 is 0 Å². The van der Waals surface area contributed by atoms with Gasteiger partial charge in [-0.05, 0) is 57.0 Å². The Morgan fingerprint density at radius 2 is 1.70 bits per heavy atom. The molecule has 0 spiro atoms. The molecule has 20 heavy (non-hydrogen) atoms. The Morgan fingerprint density at radius 1 is 1.15 bits per heavy atom. The molecule has 0 radical (unpaired) electrons. The molecule has 2 atom stereocenters. The van der Waals surface area contributed by atoms with Gasteiger partial charge in [0.2, 0.25) is 0 Å². The van der Waals surface area contributed by atoms with E-state index >= 15 is 0 Å². The van der Waals surface area contributed by atoms with E-state index in [1.165, 1.54) is 44.3 Å². The van der Waals surface area contributed by atoms with E-state index in [2.05, 4.69) is 30.9 Å². The zero-order valence-corrected chi connectivity index (χ0v) is 13.5. The molecule has 0 bridgehead atoms. The number of likely N-dealkylation sites (tertiary alicyclic amines) is 1. The number of benzene rings is 1. The molecule has 1 aliphatic heterocycles. The average molecular weight is 295 g/mol. The molecule has 1 aliphatic rings. The molecule has 0 amide bonds. The van der Waals surface area contributed by atoms with E-state index in [0.717, 1.165) is 11.4 Å². The maximum absolute atomic E-state index is 6.74. The molecule has 1 aromatic carbocycles. The molecule has 2 rings (SSSR count). The van der Waals surface area contributed by atoms with E-state index in [1.54, 1.807) is 0 Å². The fourth-order valence-electron chi connectivity index (χ4n) is 3.47. The van der Waals surface area contributed by atoms with Crippen molar-refractivity contribution in [2.45, 2.75) is 57.5 Å². The van der Waals surface area contributed by atoms with Crippen LogP contribution in [0.15, 0.2) is 24.3 Å². The molecular weight excluding hydrogens is 268 g/mol. The van der Waals surface area contributed by atoms with E-state index in [1.807, 2.05) is 12.1 Å². The van der Waals surface area contributed by atoms with E-state index in [-0.39, 0.29) is 5.54 Å². The average Bonchev–Trinajstić information content (AvgIpc) is 2.69. The molecule has 0 saturated carbocycles. The maximum Gasteiger partial charge on any atom is 0.0538 e. The van der Waals surface area contributed by atoms with Gasteiger partial charge in [-0.3, -0.25) is 4.90 Å². The first-order valence-electron chi connectivity index (χ1n) is 7.84. The molecule has 2 nitrogen and oxygen atoms in total. The highest BCUT2D eigenvalue weighted by Gasteiger charge is 2.35. The molecule has 2 N–H and O–H groups in total. The van der Waals surface area contributed by atoms with Crippen LogP contribution in [0.3, 0.4) is 0 Å². The summed E-state index contributed by atoms with van der Waals surface area (Å²) in [6.45, 7) is 6.77. The lowest BCUT2D eigenvalue weighted by atomic mass is 9.83. The van der Waals surface area contributed by atoms with Crippen molar-refractivity contribution >= 4 is 11.6 Å². The van der Waals surface area contributed by atoms with Gasteiger partial charge in [-0.15, -0.1) is 0 Å². The lowest BCUT2D eigenvalue weighted by Crippen LogP contribution is -2.54. The number of rotatable bonds is 4. The summed E-state index contributed by atoms with van der Waals surface area (Å²) in [4.78, 5) is 2.60. The zero-order chi connectivity index (χ0) is 14.6. The Bertz CT molecular complexity index is 406. The normalized spacial score (nSPS) is 22.0. The summed E-state index contributed by atoms with van der Waals surface area (Å²) in [5.41, 5.74) is 7.59. The van der Waals surface area contributed by atoms with Gasteiger partial charge in [0.1, 0.15) is 0 Å². The summed E-state index contributed by atoms with van der Waals surface area (Å²) in [5, 5.41) is 0.771. The number of nitrogens with two attached hydrogens (primary N) is 1. The van der Waals surface area contributed by atoms with Crippen LogP contribution >= 0.6 is 11.6 Å². The molecule has 2 unspecified atom stereocenters. The van der Waals surface area contributed by atoms with Crippen LogP contribution in [0.4, 0.5) is 0 Å². The summed E-state index contributed by atoms with van der Waals surface area (Å²) >= 11 is 5.99. The smallest absolute Gasteiger partial charge is 0.0538 e. The van der Waals surface area contributed by atoms with Gasteiger partial charge in [-0.2, -0.15) is 0 Å². The van der Waals surface area contributed by atoms with Crippen molar-refractivity contribution in [3.63, 3.8) is 0 Å². The Kier molecular flexibility index (Phi) is 5.48. The van der Waals surface area contributed by atoms with Gasteiger partial charge < -0.3 is 5.73 Å². The van der Waals surface area contributed by atoms with Gasteiger partial charge in [0.15, 0.2) is 0 Å². The predicted octanol–water partition coefficient (Wildman–Crippen LogP) is 4.17. The topological polar surface area (TPSA) is 29.3 Å². The molecule has 1 saturated heterocycles. The molecule has 0 aliphatic carbocycles. The fourth-order valence-corrected chi connectivity index (χ4v) is 3.60. The van der Waals surface area contributed by atoms with Crippen molar-refractivity contribution in [2.24, 2.45) is 5.73 Å². The van der Waals surface area contributed by atoms with Crippen LogP contribution in [-0.4, -0.2) is 24.0 Å². The SMILES string of the molecule is CCC(N1CCCCCC1)C(C)(N)c1ccc(Cl)cc1. The van der Waals surface area contributed by atoms with Gasteiger partial charge in [0, 0.05) is 11.1 Å². The first-order chi connectivity index (χ1) is 9.55. The van der Waals surface area contributed by atoms with Crippen molar-refractivity contribution in [2.75, 3.05) is 13.1 Å². The van der Waals surface area contributed by atoms with Gasteiger partial charge in [0.05, 0.1) is 5.54 Å². The number of hydrogen-bond donors (Lipinski definition) is 1. The van der Waals surface area contributed by atoms with E-state index in [4.69, 9.17) is 17.3 Å². The standard InChI is InChI=1S/C17H27ClN2/c1-3-16(20-12-6-4-5-7-13-20)17(2,19)14-8-10-15(18)11-9-14/h8-11,16H,3-7,12-13,19H2,1-2H3. The third kappa shape index (κ3) is 3.55. The summed E-state index contributed by atoms with van der Waals surface area (Å²) in [6.07, 6.45) is 6.39. The molecule has 1 heterocycles. The van der Waals surface area contributed by atoms with E-state index < -0.39 is 0 Å². The largest absolute Gasteiger partial charge is 0.320 e. The van der Waals surface area contributed by atoms with E-state index in [9.17, 15) is 0 Å². The first-order valence-corrected chi connectivity index (χ1v) is 8.22. The molecule has 1 aromatic rings. The number of hydrogen-bond acceptors (Lipinski definition) is 2.